The summed E-state index contributed by atoms with van der Waals surface area (Å²) in [6, 6.07) is 9.23. The molecule has 1 aromatic rings. The molecule has 0 heterocycles. The Morgan fingerprint density at radius 1 is 1.31 bits per heavy atom. The van der Waals surface area contributed by atoms with Gasteiger partial charge in [-0.05, 0) is 26.0 Å². The van der Waals surface area contributed by atoms with Gasteiger partial charge in [0, 0.05) is 17.5 Å². The van der Waals surface area contributed by atoms with E-state index in [0.717, 1.165) is 5.69 Å². The summed E-state index contributed by atoms with van der Waals surface area (Å²) < 4.78 is 0. The Kier molecular flexibility index (Phi) is 4.27. The average molecular weight is 217 g/mol. The molecule has 0 bridgehead atoms. The van der Waals surface area contributed by atoms with E-state index in [0.29, 0.717) is 11.5 Å². The molecule has 0 radical (unpaired) electrons. The van der Waals surface area contributed by atoms with Crippen LogP contribution in [-0.4, -0.2) is 11.7 Å². The molecule has 84 valence electrons. The molecule has 1 rings (SSSR count). The van der Waals surface area contributed by atoms with Crippen LogP contribution >= 0.6 is 0 Å². The van der Waals surface area contributed by atoms with Gasteiger partial charge in [0.2, 0.25) is 5.91 Å². The van der Waals surface area contributed by atoms with Crippen LogP contribution in [0.25, 0.3) is 0 Å². The number of amidine groups is 1. The van der Waals surface area contributed by atoms with E-state index in [-0.39, 0.29) is 5.91 Å². The first-order chi connectivity index (χ1) is 7.58. The van der Waals surface area contributed by atoms with Gasteiger partial charge in [0.05, 0.1) is 5.84 Å². The third-order valence-electron chi connectivity index (χ3n) is 1.73. The number of rotatable bonds is 3. The zero-order chi connectivity index (χ0) is 12.0. The summed E-state index contributed by atoms with van der Waals surface area (Å²) in [5, 5.41) is 2.72. The molecule has 3 N–H and O–H groups in total. The topological polar surface area (TPSA) is 67.5 Å². The lowest BCUT2D eigenvalue weighted by Gasteiger charge is -2.01. The van der Waals surface area contributed by atoms with Crippen molar-refractivity contribution < 1.29 is 4.79 Å². The summed E-state index contributed by atoms with van der Waals surface area (Å²) in [5.74, 6) is 0.218. The molecule has 0 atom stereocenters. The number of anilines is 1. The summed E-state index contributed by atoms with van der Waals surface area (Å²) in [6.07, 6.45) is 1.41. The van der Waals surface area contributed by atoms with Crippen LogP contribution in [0.4, 0.5) is 5.69 Å². The second kappa shape index (κ2) is 5.70. The lowest BCUT2D eigenvalue weighted by Crippen LogP contribution is -2.09. The highest BCUT2D eigenvalue weighted by Gasteiger charge is 1.98. The van der Waals surface area contributed by atoms with Gasteiger partial charge < -0.3 is 11.1 Å². The van der Waals surface area contributed by atoms with Crippen molar-refractivity contribution in [1.29, 1.82) is 0 Å². The van der Waals surface area contributed by atoms with Gasteiger partial charge in [-0.15, -0.1) is 0 Å². The van der Waals surface area contributed by atoms with Crippen LogP contribution in [0, 0.1) is 0 Å². The van der Waals surface area contributed by atoms with Gasteiger partial charge in [-0.3, -0.25) is 4.79 Å². The van der Waals surface area contributed by atoms with E-state index < -0.39 is 0 Å². The van der Waals surface area contributed by atoms with Crippen molar-refractivity contribution in [1.82, 2.24) is 0 Å². The van der Waals surface area contributed by atoms with Gasteiger partial charge in [0.1, 0.15) is 0 Å². The van der Waals surface area contributed by atoms with Gasteiger partial charge in [0.15, 0.2) is 0 Å². The average Bonchev–Trinajstić information content (AvgIpc) is 2.17. The van der Waals surface area contributed by atoms with E-state index in [1.54, 1.807) is 13.8 Å². The molecule has 1 aromatic carbocycles. The lowest BCUT2D eigenvalue weighted by atomic mass is 10.3. The Balaban J connectivity index is 2.64. The quantitative estimate of drug-likeness (QED) is 0.461. The molecule has 0 saturated carbocycles. The number of hydrogen-bond donors (Lipinski definition) is 2. The first-order valence-corrected chi connectivity index (χ1v) is 4.93. The van der Waals surface area contributed by atoms with E-state index in [9.17, 15) is 4.79 Å². The molecule has 4 heteroatoms. The monoisotopic (exact) mass is 217 g/mol. The highest BCUT2D eigenvalue weighted by Crippen LogP contribution is 2.05. The molecule has 0 spiro atoms. The van der Waals surface area contributed by atoms with E-state index in [1.807, 2.05) is 30.3 Å². The number of nitrogens with two attached hydrogens (primary N) is 1. The minimum absolute atomic E-state index is 0.214. The minimum atomic E-state index is -0.214. The Labute approximate surface area is 94.9 Å². The standard InChI is InChI=1S/C12H15N3O/c1-9(14-10(2)13)8-12(16)15-11-6-4-3-5-7-11/h3-8H,1-2H3,(H2,13,14)(H,15,16). The zero-order valence-corrected chi connectivity index (χ0v) is 9.40. The molecule has 1 amide bonds. The van der Waals surface area contributed by atoms with Crippen molar-refractivity contribution in [2.24, 2.45) is 10.7 Å². The molecule has 0 fully saturated rings. The Morgan fingerprint density at radius 2 is 1.94 bits per heavy atom. The van der Waals surface area contributed by atoms with E-state index >= 15 is 0 Å². The van der Waals surface area contributed by atoms with Crippen molar-refractivity contribution in [2.75, 3.05) is 5.32 Å². The second-order valence-corrected chi connectivity index (χ2v) is 3.39. The third kappa shape index (κ3) is 4.41. The number of hydrogen-bond acceptors (Lipinski definition) is 2. The molecule has 0 saturated heterocycles. The highest BCUT2D eigenvalue weighted by atomic mass is 16.1. The van der Waals surface area contributed by atoms with E-state index in [1.165, 1.54) is 6.08 Å². The molecule has 0 unspecified atom stereocenters. The Bertz CT molecular complexity index is 417. The normalized spacial score (nSPS) is 12.4. The molecule has 0 aliphatic heterocycles. The number of nitrogens with one attached hydrogen (secondary N) is 1. The van der Waals surface area contributed by atoms with Crippen molar-refractivity contribution in [3.8, 4) is 0 Å². The van der Waals surface area contributed by atoms with Gasteiger partial charge >= 0.3 is 0 Å². The van der Waals surface area contributed by atoms with Crippen molar-refractivity contribution in [2.45, 2.75) is 13.8 Å². The summed E-state index contributed by atoms with van der Waals surface area (Å²) in [5.41, 5.74) is 6.73. The van der Waals surface area contributed by atoms with Gasteiger partial charge in [-0.25, -0.2) is 4.99 Å². The van der Waals surface area contributed by atoms with Gasteiger partial charge in [-0.1, -0.05) is 18.2 Å². The molecule has 0 aliphatic rings. The van der Waals surface area contributed by atoms with Crippen LogP contribution in [0.1, 0.15) is 13.8 Å². The number of allylic oxidation sites excluding steroid dienone is 1. The number of carbonyl (C=O) groups is 1. The van der Waals surface area contributed by atoms with Crippen molar-refractivity contribution >= 4 is 17.4 Å². The summed E-state index contributed by atoms with van der Waals surface area (Å²) >= 11 is 0. The van der Waals surface area contributed by atoms with E-state index in [2.05, 4.69) is 10.3 Å². The van der Waals surface area contributed by atoms with Crippen LogP contribution in [-0.2, 0) is 4.79 Å². The van der Waals surface area contributed by atoms with Crippen LogP contribution in [0.3, 0.4) is 0 Å². The highest BCUT2D eigenvalue weighted by molar-refractivity contribution is 5.99. The number of amides is 1. The fourth-order valence-electron chi connectivity index (χ4n) is 1.20. The van der Waals surface area contributed by atoms with Gasteiger partial charge in [-0.2, -0.15) is 0 Å². The molecule has 4 nitrogen and oxygen atoms in total. The van der Waals surface area contributed by atoms with Crippen molar-refractivity contribution in [3.05, 3.63) is 42.1 Å². The predicted molar refractivity (Wildman–Crippen MR) is 66.1 cm³/mol. The van der Waals surface area contributed by atoms with Crippen LogP contribution in [0.15, 0.2) is 47.1 Å². The molecular weight excluding hydrogens is 202 g/mol. The molecule has 16 heavy (non-hydrogen) atoms. The maximum absolute atomic E-state index is 11.5. The number of aliphatic imine (C=N–C) groups is 1. The predicted octanol–water partition coefficient (Wildman–Crippen LogP) is 1.91. The number of carbonyl (C=O) groups excluding carboxylic acids is 1. The van der Waals surface area contributed by atoms with Crippen LogP contribution in [0.2, 0.25) is 0 Å². The fourth-order valence-corrected chi connectivity index (χ4v) is 1.20. The lowest BCUT2D eigenvalue weighted by molar-refractivity contribution is -0.111. The van der Waals surface area contributed by atoms with Crippen LogP contribution in [0.5, 0.6) is 0 Å². The summed E-state index contributed by atoms with van der Waals surface area (Å²) in [7, 11) is 0. The van der Waals surface area contributed by atoms with E-state index in [4.69, 9.17) is 5.73 Å². The Morgan fingerprint density at radius 3 is 2.50 bits per heavy atom. The van der Waals surface area contributed by atoms with Crippen molar-refractivity contribution in [3.63, 3.8) is 0 Å². The molecule has 0 aromatic heterocycles. The van der Waals surface area contributed by atoms with Crippen LogP contribution < -0.4 is 11.1 Å². The number of nitrogens with zero attached hydrogens (tertiary/aromatic N) is 1. The number of benzene rings is 1. The smallest absolute Gasteiger partial charge is 0.250 e. The molecule has 0 aliphatic carbocycles. The first kappa shape index (κ1) is 12.0. The largest absolute Gasteiger partial charge is 0.387 e. The first-order valence-electron chi connectivity index (χ1n) is 4.93. The fraction of sp³-hybridized carbons (Fsp3) is 0.167. The maximum atomic E-state index is 11.5. The van der Waals surface area contributed by atoms with Gasteiger partial charge in [0.25, 0.3) is 0 Å². The summed E-state index contributed by atoms with van der Waals surface area (Å²) in [4.78, 5) is 15.5. The third-order valence-corrected chi connectivity index (χ3v) is 1.73. The SMILES string of the molecule is CC(=CC(=O)Nc1ccccc1)N=C(C)N. The Hall–Kier alpha value is -2.10. The second-order valence-electron chi connectivity index (χ2n) is 3.39. The number of para-hydroxylation sites is 1. The molecular formula is C12H15N3O. The zero-order valence-electron chi connectivity index (χ0n) is 9.40. The maximum Gasteiger partial charge on any atom is 0.250 e. The summed E-state index contributed by atoms with van der Waals surface area (Å²) in [6.45, 7) is 3.40. The minimum Gasteiger partial charge on any atom is -0.387 e.